The average molecular weight is 192 g/mol. The van der Waals surface area contributed by atoms with Crippen molar-refractivity contribution >= 4 is 0 Å². The van der Waals surface area contributed by atoms with Crippen LogP contribution in [0.25, 0.3) is 0 Å². The highest BCUT2D eigenvalue weighted by Gasteiger charge is 2.06. The Morgan fingerprint density at radius 1 is 1.21 bits per heavy atom. The zero-order valence-corrected chi connectivity index (χ0v) is 8.83. The van der Waals surface area contributed by atoms with Crippen molar-refractivity contribution in [1.29, 1.82) is 0 Å². The molecule has 2 N–H and O–H groups in total. The number of rotatable bonds is 2. The Bertz CT molecular complexity index is 361. The Morgan fingerprint density at radius 2 is 1.79 bits per heavy atom. The molecule has 1 aromatic rings. The van der Waals surface area contributed by atoms with E-state index in [1.165, 1.54) is 17.7 Å². The number of phenolic OH excluding ortho intramolecular Hbond substituents is 2. The SMILES string of the molecule is CC(C)=CCc1c(O)ccc(O)c1C. The van der Waals surface area contributed by atoms with Crippen LogP contribution in [0, 0.1) is 6.92 Å². The molecule has 0 aliphatic carbocycles. The minimum absolute atomic E-state index is 0.236. The van der Waals surface area contributed by atoms with Crippen LogP contribution in [0.2, 0.25) is 0 Å². The van der Waals surface area contributed by atoms with Crippen LogP contribution in [0.5, 0.6) is 11.5 Å². The molecule has 2 nitrogen and oxygen atoms in total. The summed E-state index contributed by atoms with van der Waals surface area (Å²) in [5.74, 6) is 0.484. The molecule has 0 fully saturated rings. The van der Waals surface area contributed by atoms with Crippen LogP contribution in [0.15, 0.2) is 23.8 Å². The topological polar surface area (TPSA) is 40.5 Å². The lowest BCUT2D eigenvalue weighted by Gasteiger charge is -2.07. The molecule has 1 aromatic carbocycles. The average Bonchev–Trinajstić information content (AvgIpc) is 2.11. The molecule has 0 atom stereocenters. The molecule has 0 aliphatic heterocycles. The summed E-state index contributed by atoms with van der Waals surface area (Å²) in [5, 5.41) is 19.0. The summed E-state index contributed by atoms with van der Waals surface area (Å²) in [6.45, 7) is 5.83. The highest BCUT2D eigenvalue weighted by Crippen LogP contribution is 2.28. The van der Waals surface area contributed by atoms with Gasteiger partial charge in [-0.25, -0.2) is 0 Å². The van der Waals surface area contributed by atoms with E-state index in [9.17, 15) is 10.2 Å². The molecule has 0 saturated heterocycles. The first-order valence-corrected chi connectivity index (χ1v) is 4.66. The molecule has 0 saturated carbocycles. The van der Waals surface area contributed by atoms with Gasteiger partial charge in [0.15, 0.2) is 0 Å². The highest BCUT2D eigenvalue weighted by molar-refractivity contribution is 5.47. The molecule has 0 unspecified atom stereocenters. The minimum Gasteiger partial charge on any atom is -0.508 e. The normalized spacial score (nSPS) is 9.93. The van der Waals surface area contributed by atoms with E-state index in [-0.39, 0.29) is 11.5 Å². The highest BCUT2D eigenvalue weighted by atomic mass is 16.3. The molecule has 0 aromatic heterocycles. The molecular weight excluding hydrogens is 176 g/mol. The maximum atomic E-state index is 9.59. The van der Waals surface area contributed by atoms with Gasteiger partial charge in [-0.2, -0.15) is 0 Å². The summed E-state index contributed by atoms with van der Waals surface area (Å²) < 4.78 is 0. The summed E-state index contributed by atoms with van der Waals surface area (Å²) >= 11 is 0. The molecule has 0 amide bonds. The van der Waals surface area contributed by atoms with E-state index in [1.54, 1.807) is 0 Å². The second-order valence-electron chi connectivity index (χ2n) is 3.69. The molecule has 0 spiro atoms. The van der Waals surface area contributed by atoms with Gasteiger partial charge in [0, 0.05) is 5.56 Å². The number of aromatic hydroxyl groups is 2. The molecule has 0 bridgehead atoms. The monoisotopic (exact) mass is 192 g/mol. The van der Waals surface area contributed by atoms with Crippen molar-refractivity contribution in [1.82, 2.24) is 0 Å². The van der Waals surface area contributed by atoms with Crippen molar-refractivity contribution in [2.75, 3.05) is 0 Å². The fourth-order valence-corrected chi connectivity index (χ4v) is 1.29. The molecule has 0 aliphatic rings. The molecule has 14 heavy (non-hydrogen) atoms. The predicted octanol–water partition coefficient (Wildman–Crippen LogP) is 2.91. The quantitative estimate of drug-likeness (QED) is 0.558. The van der Waals surface area contributed by atoms with E-state index in [4.69, 9.17) is 0 Å². The Morgan fingerprint density at radius 3 is 2.36 bits per heavy atom. The lowest BCUT2D eigenvalue weighted by molar-refractivity contribution is 0.452. The standard InChI is InChI=1S/C12H16O2/c1-8(2)4-5-10-9(3)11(13)6-7-12(10)14/h4,6-7,13-14H,5H2,1-3H3. The van der Waals surface area contributed by atoms with Crippen molar-refractivity contribution in [3.8, 4) is 11.5 Å². The van der Waals surface area contributed by atoms with E-state index in [0.717, 1.165) is 11.1 Å². The molecular formula is C12H16O2. The maximum absolute atomic E-state index is 9.59. The van der Waals surface area contributed by atoms with Crippen LogP contribution in [0.4, 0.5) is 0 Å². The van der Waals surface area contributed by atoms with Crippen molar-refractivity contribution < 1.29 is 10.2 Å². The van der Waals surface area contributed by atoms with Crippen molar-refractivity contribution in [3.05, 3.63) is 34.9 Å². The summed E-state index contributed by atoms with van der Waals surface area (Å²) in [7, 11) is 0. The fourth-order valence-electron chi connectivity index (χ4n) is 1.29. The first kappa shape index (κ1) is 10.6. The van der Waals surface area contributed by atoms with Crippen LogP contribution in [-0.4, -0.2) is 10.2 Å². The van der Waals surface area contributed by atoms with E-state index in [1.807, 2.05) is 26.8 Å². The maximum Gasteiger partial charge on any atom is 0.119 e. The minimum atomic E-state index is 0.236. The Balaban J connectivity index is 3.07. The van der Waals surface area contributed by atoms with Gasteiger partial charge in [0.05, 0.1) is 0 Å². The second-order valence-corrected chi connectivity index (χ2v) is 3.69. The largest absolute Gasteiger partial charge is 0.508 e. The van der Waals surface area contributed by atoms with Crippen LogP contribution in [0.1, 0.15) is 25.0 Å². The first-order valence-electron chi connectivity index (χ1n) is 4.66. The smallest absolute Gasteiger partial charge is 0.119 e. The molecule has 1 rings (SSSR count). The number of allylic oxidation sites excluding steroid dienone is 2. The van der Waals surface area contributed by atoms with Gasteiger partial charge in [-0.05, 0) is 44.9 Å². The van der Waals surface area contributed by atoms with Crippen molar-refractivity contribution in [2.45, 2.75) is 27.2 Å². The first-order chi connectivity index (χ1) is 6.52. The molecule has 0 heterocycles. The number of benzene rings is 1. The van der Waals surface area contributed by atoms with Gasteiger partial charge in [-0.3, -0.25) is 0 Å². The van der Waals surface area contributed by atoms with Crippen LogP contribution < -0.4 is 0 Å². The van der Waals surface area contributed by atoms with Gasteiger partial charge in [0.1, 0.15) is 11.5 Å². The third-order valence-corrected chi connectivity index (χ3v) is 2.26. The summed E-state index contributed by atoms with van der Waals surface area (Å²) in [6.07, 6.45) is 2.69. The third-order valence-electron chi connectivity index (χ3n) is 2.26. The van der Waals surface area contributed by atoms with Crippen LogP contribution in [0.3, 0.4) is 0 Å². The van der Waals surface area contributed by atoms with E-state index >= 15 is 0 Å². The van der Waals surface area contributed by atoms with Gasteiger partial charge < -0.3 is 10.2 Å². The predicted molar refractivity (Wildman–Crippen MR) is 57.6 cm³/mol. The van der Waals surface area contributed by atoms with Gasteiger partial charge in [-0.1, -0.05) is 11.6 Å². The molecule has 76 valence electrons. The van der Waals surface area contributed by atoms with Crippen molar-refractivity contribution in [3.63, 3.8) is 0 Å². The second kappa shape index (κ2) is 4.18. The Labute approximate surface area is 84.5 Å². The number of hydrogen-bond acceptors (Lipinski definition) is 2. The van der Waals surface area contributed by atoms with Gasteiger partial charge in [0.2, 0.25) is 0 Å². The lowest BCUT2D eigenvalue weighted by atomic mass is 10.0. The zero-order valence-electron chi connectivity index (χ0n) is 8.83. The van der Waals surface area contributed by atoms with Gasteiger partial charge in [0.25, 0.3) is 0 Å². The summed E-state index contributed by atoms with van der Waals surface area (Å²) in [4.78, 5) is 0. The zero-order chi connectivity index (χ0) is 10.7. The number of phenols is 2. The lowest BCUT2D eigenvalue weighted by Crippen LogP contribution is -1.89. The Kier molecular flexibility index (Phi) is 3.18. The van der Waals surface area contributed by atoms with Crippen molar-refractivity contribution in [2.24, 2.45) is 0 Å². The molecule has 0 radical (unpaired) electrons. The van der Waals surface area contributed by atoms with E-state index < -0.39 is 0 Å². The molecule has 2 heteroatoms. The van der Waals surface area contributed by atoms with Gasteiger partial charge in [-0.15, -0.1) is 0 Å². The fraction of sp³-hybridized carbons (Fsp3) is 0.333. The van der Waals surface area contributed by atoms with Crippen LogP contribution >= 0.6 is 0 Å². The van der Waals surface area contributed by atoms with E-state index in [0.29, 0.717) is 6.42 Å². The Hall–Kier alpha value is -1.44. The summed E-state index contributed by atoms with van der Waals surface area (Å²) in [6, 6.07) is 3.03. The summed E-state index contributed by atoms with van der Waals surface area (Å²) in [5.41, 5.74) is 2.75. The van der Waals surface area contributed by atoms with Crippen LogP contribution in [-0.2, 0) is 6.42 Å². The third kappa shape index (κ3) is 2.28. The van der Waals surface area contributed by atoms with E-state index in [2.05, 4.69) is 0 Å². The van der Waals surface area contributed by atoms with Gasteiger partial charge >= 0.3 is 0 Å². The number of hydrogen-bond donors (Lipinski definition) is 2.